The number of hydrogen-bond acceptors (Lipinski definition) is 7. The van der Waals surface area contributed by atoms with Crippen molar-refractivity contribution in [3.05, 3.63) is 93.0 Å². The minimum atomic E-state index is -0.303. The van der Waals surface area contributed by atoms with Gasteiger partial charge in [-0.25, -0.2) is 9.37 Å². The molecular weight excluding hydrogens is 507 g/mol. The second kappa shape index (κ2) is 13.3. The van der Waals surface area contributed by atoms with Gasteiger partial charge in [-0.2, -0.15) is 0 Å². The Balaban J connectivity index is 0.000000274. The first-order chi connectivity index (χ1) is 19.5. The van der Waals surface area contributed by atoms with Gasteiger partial charge < -0.3 is 9.42 Å². The Labute approximate surface area is 234 Å². The van der Waals surface area contributed by atoms with Crippen LogP contribution in [0.15, 0.2) is 57.8 Å². The number of aromatic nitrogens is 3. The van der Waals surface area contributed by atoms with Crippen LogP contribution in [0.2, 0.25) is 0 Å². The number of hydrazine groups is 1. The van der Waals surface area contributed by atoms with E-state index in [1.165, 1.54) is 17.7 Å². The van der Waals surface area contributed by atoms with Crippen molar-refractivity contribution in [1.82, 2.24) is 25.0 Å². The lowest BCUT2D eigenvalue weighted by Crippen LogP contribution is -2.37. The lowest BCUT2D eigenvalue weighted by Gasteiger charge is -2.31. The maximum Gasteiger partial charge on any atom is 0.256 e. The summed E-state index contributed by atoms with van der Waals surface area (Å²) in [7, 11) is 0. The maximum atomic E-state index is 13.4. The Bertz CT molecular complexity index is 1460. The molecule has 4 aromatic rings. The number of nitrogens with two attached hydrogens (primary N) is 1. The predicted octanol–water partition coefficient (Wildman–Crippen LogP) is 4.28. The zero-order chi connectivity index (χ0) is 27.9. The predicted molar refractivity (Wildman–Crippen MR) is 155 cm³/mol. The molecule has 0 atom stereocenters. The highest BCUT2D eigenvalue weighted by Crippen LogP contribution is 2.32. The van der Waals surface area contributed by atoms with E-state index in [1.54, 1.807) is 6.07 Å². The molecule has 2 aliphatic heterocycles. The molecule has 9 heteroatoms. The van der Waals surface area contributed by atoms with Gasteiger partial charge in [0, 0.05) is 54.7 Å². The third-order valence-corrected chi connectivity index (χ3v) is 8.10. The number of nitrogens with one attached hydrogen (secondary N) is 1. The van der Waals surface area contributed by atoms with Gasteiger partial charge in [0.25, 0.3) is 5.56 Å². The Morgan fingerprint density at radius 3 is 2.65 bits per heavy atom. The smallest absolute Gasteiger partial charge is 0.256 e. The highest BCUT2D eigenvalue weighted by Gasteiger charge is 2.25. The molecule has 0 spiro atoms. The van der Waals surface area contributed by atoms with E-state index in [0.717, 1.165) is 106 Å². The van der Waals surface area contributed by atoms with Gasteiger partial charge in [-0.15, -0.1) is 0 Å². The van der Waals surface area contributed by atoms with E-state index in [0.29, 0.717) is 11.5 Å². The van der Waals surface area contributed by atoms with Crippen LogP contribution in [0.5, 0.6) is 0 Å². The molecular formula is C31H39FN6O2. The molecule has 1 fully saturated rings. The van der Waals surface area contributed by atoms with Gasteiger partial charge in [-0.3, -0.25) is 20.6 Å². The molecule has 0 amide bonds. The minimum absolute atomic E-state index is 0.161. The highest BCUT2D eigenvalue weighted by atomic mass is 19.1. The van der Waals surface area contributed by atoms with Crippen LogP contribution in [0.1, 0.15) is 59.9 Å². The van der Waals surface area contributed by atoms with Crippen molar-refractivity contribution in [2.45, 2.75) is 64.3 Å². The standard InChI is InChI=1S/C23H27FN4O2.C8H12N2/c1-15-18(23(29)28-10-3-2-4-21(28)25-15)9-13-27-11-7-16(8-12-27)22-19-6-5-17(24)14-20(19)30-26-22;9-10-7-6-8-4-2-1-3-5-8/h5-6,14,16H,2-4,7-13H2,1H3;1-5,10H,6-7,9H2. The molecule has 0 bridgehead atoms. The molecule has 212 valence electrons. The van der Waals surface area contributed by atoms with E-state index >= 15 is 0 Å². The van der Waals surface area contributed by atoms with E-state index in [1.807, 2.05) is 29.7 Å². The Morgan fingerprint density at radius 2 is 1.88 bits per heavy atom. The van der Waals surface area contributed by atoms with Crippen LogP contribution in [0, 0.1) is 12.7 Å². The molecule has 8 nitrogen and oxygen atoms in total. The van der Waals surface area contributed by atoms with Crippen molar-refractivity contribution in [3.8, 4) is 0 Å². The molecule has 0 aliphatic carbocycles. The van der Waals surface area contributed by atoms with Crippen LogP contribution >= 0.6 is 0 Å². The lowest BCUT2D eigenvalue weighted by molar-refractivity contribution is 0.211. The summed E-state index contributed by atoms with van der Waals surface area (Å²) in [6.07, 6.45) is 6.81. The molecule has 2 aromatic heterocycles. The first kappa shape index (κ1) is 28.1. The van der Waals surface area contributed by atoms with Crippen LogP contribution in [-0.4, -0.2) is 45.8 Å². The zero-order valence-corrected chi connectivity index (χ0v) is 23.2. The zero-order valence-electron chi connectivity index (χ0n) is 23.2. The third-order valence-electron chi connectivity index (χ3n) is 8.10. The van der Waals surface area contributed by atoms with Gasteiger partial charge in [-0.1, -0.05) is 35.5 Å². The van der Waals surface area contributed by atoms with Gasteiger partial charge in [-0.05, 0) is 76.2 Å². The summed E-state index contributed by atoms with van der Waals surface area (Å²) < 4.78 is 20.6. The lowest BCUT2D eigenvalue weighted by atomic mass is 9.91. The Hall–Kier alpha value is -3.40. The monoisotopic (exact) mass is 546 g/mol. The minimum Gasteiger partial charge on any atom is -0.356 e. The Morgan fingerprint density at radius 1 is 1.07 bits per heavy atom. The summed E-state index contributed by atoms with van der Waals surface area (Å²) in [5.41, 5.74) is 7.32. The number of aryl methyl sites for hydroxylation is 2. The summed E-state index contributed by atoms with van der Waals surface area (Å²) in [6, 6.07) is 14.9. The average molecular weight is 547 g/mol. The van der Waals surface area contributed by atoms with E-state index in [2.05, 4.69) is 27.6 Å². The number of fused-ring (bicyclic) bond motifs is 2. The number of hydrogen-bond donors (Lipinski definition) is 2. The van der Waals surface area contributed by atoms with Gasteiger partial charge in [0.2, 0.25) is 0 Å². The normalized spacial score (nSPS) is 16.0. The first-order valence-electron chi connectivity index (χ1n) is 14.4. The molecule has 2 aliphatic rings. The van der Waals surface area contributed by atoms with Crippen molar-refractivity contribution in [1.29, 1.82) is 0 Å². The topological polar surface area (TPSA) is 102 Å². The van der Waals surface area contributed by atoms with Crippen LogP contribution in [0.4, 0.5) is 4.39 Å². The number of halogens is 1. The third kappa shape index (κ3) is 6.66. The van der Waals surface area contributed by atoms with Crippen LogP contribution < -0.4 is 16.8 Å². The number of benzene rings is 2. The van der Waals surface area contributed by atoms with E-state index in [4.69, 9.17) is 15.3 Å². The average Bonchev–Trinajstić information content (AvgIpc) is 3.40. The van der Waals surface area contributed by atoms with E-state index in [-0.39, 0.29) is 11.4 Å². The van der Waals surface area contributed by atoms with Crippen molar-refractivity contribution >= 4 is 11.0 Å². The number of rotatable bonds is 7. The largest absolute Gasteiger partial charge is 0.356 e. The number of nitrogens with zero attached hydrogens (tertiary/aromatic N) is 4. The molecule has 0 saturated carbocycles. The molecule has 0 unspecified atom stereocenters. The maximum absolute atomic E-state index is 13.4. The highest BCUT2D eigenvalue weighted by molar-refractivity contribution is 5.79. The van der Waals surface area contributed by atoms with Crippen LogP contribution in [0.3, 0.4) is 0 Å². The van der Waals surface area contributed by atoms with Crippen LogP contribution in [-0.2, 0) is 25.8 Å². The summed E-state index contributed by atoms with van der Waals surface area (Å²) in [5.74, 6) is 6.10. The summed E-state index contributed by atoms with van der Waals surface area (Å²) in [4.78, 5) is 20.1. The second-order valence-corrected chi connectivity index (χ2v) is 10.8. The molecule has 6 rings (SSSR count). The van der Waals surface area contributed by atoms with Gasteiger partial charge in [0.05, 0.1) is 5.69 Å². The van der Waals surface area contributed by atoms with E-state index < -0.39 is 0 Å². The summed E-state index contributed by atoms with van der Waals surface area (Å²) >= 11 is 0. The molecule has 0 radical (unpaired) electrons. The fourth-order valence-corrected chi connectivity index (χ4v) is 5.81. The summed E-state index contributed by atoms with van der Waals surface area (Å²) in [5, 5.41) is 5.15. The van der Waals surface area contributed by atoms with Crippen LogP contribution in [0.25, 0.3) is 11.0 Å². The van der Waals surface area contributed by atoms with Crippen molar-refractivity contribution < 1.29 is 8.91 Å². The van der Waals surface area contributed by atoms with Gasteiger partial charge in [0.15, 0.2) is 5.58 Å². The van der Waals surface area contributed by atoms with Gasteiger partial charge >= 0.3 is 0 Å². The van der Waals surface area contributed by atoms with Gasteiger partial charge in [0.1, 0.15) is 11.6 Å². The molecule has 4 heterocycles. The SMILES string of the molecule is Cc1nc2n(c(=O)c1CCN1CCC(c3noc4cc(F)ccc34)CC1)CCCC2.NNCCc1ccccc1. The fourth-order valence-electron chi connectivity index (χ4n) is 5.81. The number of piperidine rings is 1. The molecule has 3 N–H and O–H groups in total. The Kier molecular flexibility index (Phi) is 9.36. The van der Waals surface area contributed by atoms with Crippen molar-refractivity contribution in [3.63, 3.8) is 0 Å². The second-order valence-electron chi connectivity index (χ2n) is 10.8. The molecule has 40 heavy (non-hydrogen) atoms. The van der Waals surface area contributed by atoms with Crippen molar-refractivity contribution in [2.24, 2.45) is 5.84 Å². The number of likely N-dealkylation sites (tertiary alicyclic amines) is 1. The quantitative estimate of drug-likeness (QED) is 0.263. The first-order valence-corrected chi connectivity index (χ1v) is 14.4. The molecule has 1 saturated heterocycles. The molecule has 2 aromatic carbocycles. The fraction of sp³-hybridized carbons (Fsp3) is 0.452. The summed E-state index contributed by atoms with van der Waals surface area (Å²) in [6.45, 7) is 6.39. The van der Waals surface area contributed by atoms with Crippen molar-refractivity contribution in [2.75, 3.05) is 26.2 Å². The van der Waals surface area contributed by atoms with E-state index in [9.17, 15) is 9.18 Å².